The van der Waals surface area contributed by atoms with Gasteiger partial charge in [0.25, 0.3) is 5.69 Å². The molecule has 1 heterocycles. The van der Waals surface area contributed by atoms with Crippen molar-refractivity contribution in [3.8, 4) is 0 Å². The van der Waals surface area contributed by atoms with Gasteiger partial charge in [-0.2, -0.15) is 0 Å². The number of hydrogen-bond donors (Lipinski definition) is 2. The number of nitrogens with one attached hydrogen (secondary N) is 2. The smallest absolute Gasteiger partial charge is 0.287 e. The van der Waals surface area contributed by atoms with Gasteiger partial charge in [-0.25, -0.2) is 4.98 Å². The van der Waals surface area contributed by atoms with Gasteiger partial charge in [-0.1, -0.05) is 6.92 Å². The van der Waals surface area contributed by atoms with Gasteiger partial charge in [-0.15, -0.1) is 0 Å². The van der Waals surface area contributed by atoms with Crippen LogP contribution in [0.5, 0.6) is 0 Å². The Morgan fingerprint density at radius 1 is 1.47 bits per heavy atom. The molecule has 2 N–H and O–H groups in total. The fourth-order valence-corrected chi connectivity index (χ4v) is 1.05. The van der Waals surface area contributed by atoms with E-state index in [9.17, 15) is 10.1 Å². The fraction of sp³-hybridized carbons (Fsp3) is 0.444. The lowest BCUT2D eigenvalue weighted by atomic mass is 10.4. The summed E-state index contributed by atoms with van der Waals surface area (Å²) in [5.41, 5.74) is 0.00670. The molecule has 0 amide bonds. The third kappa shape index (κ3) is 3.90. The zero-order valence-electron chi connectivity index (χ0n) is 8.56. The van der Waals surface area contributed by atoms with Gasteiger partial charge in [0.1, 0.15) is 12.0 Å². The summed E-state index contributed by atoms with van der Waals surface area (Å²) in [7, 11) is 0. The standard InChI is InChI=1S/C9H14N4O2/c1-2-10-5-6-11-9-4-3-8(7-12-9)13(14)15/h3-4,7,10H,2,5-6H2,1H3,(H,11,12). The lowest BCUT2D eigenvalue weighted by Gasteiger charge is -2.04. The lowest BCUT2D eigenvalue weighted by molar-refractivity contribution is -0.385. The van der Waals surface area contributed by atoms with Crippen LogP contribution in [0.2, 0.25) is 0 Å². The molecule has 0 aliphatic rings. The first-order valence-corrected chi connectivity index (χ1v) is 4.79. The summed E-state index contributed by atoms with van der Waals surface area (Å²) in [6, 6.07) is 3.03. The monoisotopic (exact) mass is 210 g/mol. The van der Waals surface area contributed by atoms with Crippen molar-refractivity contribution in [3.05, 3.63) is 28.4 Å². The van der Waals surface area contributed by atoms with Gasteiger partial charge in [-0.3, -0.25) is 10.1 Å². The minimum absolute atomic E-state index is 0.00670. The summed E-state index contributed by atoms with van der Waals surface area (Å²) in [6.07, 6.45) is 1.25. The lowest BCUT2D eigenvalue weighted by Crippen LogP contribution is -2.21. The molecule has 6 nitrogen and oxygen atoms in total. The molecule has 1 rings (SSSR count). The molecule has 0 aliphatic carbocycles. The third-order valence-corrected chi connectivity index (χ3v) is 1.82. The summed E-state index contributed by atoms with van der Waals surface area (Å²) >= 11 is 0. The van der Waals surface area contributed by atoms with E-state index in [1.807, 2.05) is 6.92 Å². The number of anilines is 1. The van der Waals surface area contributed by atoms with Crippen molar-refractivity contribution in [2.24, 2.45) is 0 Å². The molecule has 0 radical (unpaired) electrons. The predicted octanol–water partition coefficient (Wildman–Crippen LogP) is 1.01. The zero-order valence-corrected chi connectivity index (χ0v) is 8.56. The van der Waals surface area contributed by atoms with Crippen LogP contribution in [0, 0.1) is 10.1 Å². The van der Waals surface area contributed by atoms with E-state index in [-0.39, 0.29) is 5.69 Å². The number of likely N-dealkylation sites (N-methyl/N-ethyl adjacent to an activating group) is 1. The SMILES string of the molecule is CCNCCNc1ccc([N+](=O)[O-])cn1. The van der Waals surface area contributed by atoms with Crippen LogP contribution in [-0.4, -0.2) is 29.5 Å². The minimum atomic E-state index is -0.463. The zero-order chi connectivity index (χ0) is 11.1. The maximum absolute atomic E-state index is 10.3. The third-order valence-electron chi connectivity index (χ3n) is 1.82. The van der Waals surface area contributed by atoms with Crippen molar-refractivity contribution in [3.63, 3.8) is 0 Å². The summed E-state index contributed by atoms with van der Waals surface area (Å²) in [5.74, 6) is 0.651. The topological polar surface area (TPSA) is 80.1 Å². The average Bonchev–Trinajstić information content (AvgIpc) is 2.25. The van der Waals surface area contributed by atoms with E-state index >= 15 is 0 Å². The molecule has 1 aromatic rings. The maximum atomic E-state index is 10.3. The number of nitro groups is 1. The molecular formula is C9H14N4O2. The van der Waals surface area contributed by atoms with Gasteiger partial charge in [0.05, 0.1) is 4.92 Å². The highest BCUT2D eigenvalue weighted by molar-refractivity contribution is 5.39. The van der Waals surface area contributed by atoms with Crippen LogP contribution < -0.4 is 10.6 Å². The molecule has 6 heteroatoms. The highest BCUT2D eigenvalue weighted by Crippen LogP contribution is 2.11. The Balaban J connectivity index is 2.39. The average molecular weight is 210 g/mol. The first-order chi connectivity index (χ1) is 7.24. The second-order valence-electron chi connectivity index (χ2n) is 2.94. The Morgan fingerprint density at radius 2 is 2.27 bits per heavy atom. The second-order valence-corrected chi connectivity index (χ2v) is 2.94. The molecule has 82 valence electrons. The highest BCUT2D eigenvalue weighted by Gasteiger charge is 2.04. The van der Waals surface area contributed by atoms with Gasteiger partial charge in [0.15, 0.2) is 0 Å². The molecule has 0 aliphatic heterocycles. The molecule has 0 saturated heterocycles. The van der Waals surface area contributed by atoms with Crippen molar-refractivity contribution in [1.29, 1.82) is 0 Å². The summed E-state index contributed by atoms with van der Waals surface area (Å²) < 4.78 is 0. The van der Waals surface area contributed by atoms with Crippen LogP contribution in [0.3, 0.4) is 0 Å². The summed E-state index contributed by atoms with van der Waals surface area (Å²) in [4.78, 5) is 13.8. The fourth-order valence-electron chi connectivity index (χ4n) is 1.05. The Bertz CT molecular complexity index is 312. The second kappa shape index (κ2) is 5.92. The van der Waals surface area contributed by atoms with Gasteiger partial charge in [0, 0.05) is 19.2 Å². The summed E-state index contributed by atoms with van der Waals surface area (Å²) in [5, 5.41) is 16.5. The van der Waals surface area contributed by atoms with E-state index in [0.29, 0.717) is 5.82 Å². The minimum Gasteiger partial charge on any atom is -0.369 e. The number of nitrogens with zero attached hydrogens (tertiary/aromatic N) is 2. The normalized spacial score (nSPS) is 9.93. The molecule has 0 unspecified atom stereocenters. The molecule has 0 atom stereocenters. The maximum Gasteiger partial charge on any atom is 0.287 e. The largest absolute Gasteiger partial charge is 0.369 e. The molecule has 0 aromatic carbocycles. The Labute approximate surface area is 87.9 Å². The summed E-state index contributed by atoms with van der Waals surface area (Å²) in [6.45, 7) is 4.55. The Kier molecular flexibility index (Phi) is 4.49. The molecule has 15 heavy (non-hydrogen) atoms. The van der Waals surface area contributed by atoms with Crippen molar-refractivity contribution in [2.75, 3.05) is 25.0 Å². The quantitative estimate of drug-likeness (QED) is 0.416. The Hall–Kier alpha value is -1.69. The molecule has 0 spiro atoms. The Morgan fingerprint density at radius 3 is 2.80 bits per heavy atom. The van der Waals surface area contributed by atoms with E-state index in [0.717, 1.165) is 19.6 Å². The van der Waals surface area contributed by atoms with E-state index in [2.05, 4.69) is 15.6 Å². The van der Waals surface area contributed by atoms with Crippen molar-refractivity contribution >= 4 is 11.5 Å². The van der Waals surface area contributed by atoms with Crippen LogP contribution in [0.4, 0.5) is 11.5 Å². The molecule has 0 bridgehead atoms. The first-order valence-electron chi connectivity index (χ1n) is 4.79. The van der Waals surface area contributed by atoms with E-state index in [1.165, 1.54) is 12.3 Å². The predicted molar refractivity (Wildman–Crippen MR) is 57.9 cm³/mol. The highest BCUT2D eigenvalue weighted by atomic mass is 16.6. The van der Waals surface area contributed by atoms with Gasteiger partial charge < -0.3 is 10.6 Å². The van der Waals surface area contributed by atoms with Gasteiger partial charge in [-0.05, 0) is 12.6 Å². The van der Waals surface area contributed by atoms with Crippen LogP contribution in [-0.2, 0) is 0 Å². The molecular weight excluding hydrogens is 196 g/mol. The van der Waals surface area contributed by atoms with E-state index < -0.39 is 4.92 Å². The number of hydrogen-bond acceptors (Lipinski definition) is 5. The van der Waals surface area contributed by atoms with E-state index in [4.69, 9.17) is 0 Å². The number of rotatable bonds is 6. The van der Waals surface area contributed by atoms with E-state index in [1.54, 1.807) is 6.07 Å². The number of aromatic nitrogens is 1. The molecule has 0 saturated carbocycles. The van der Waals surface area contributed by atoms with Crippen LogP contribution in [0.15, 0.2) is 18.3 Å². The van der Waals surface area contributed by atoms with Crippen LogP contribution in [0.25, 0.3) is 0 Å². The first kappa shape index (κ1) is 11.4. The molecule has 1 aromatic heterocycles. The van der Waals surface area contributed by atoms with Crippen LogP contribution >= 0.6 is 0 Å². The van der Waals surface area contributed by atoms with Crippen molar-refractivity contribution < 1.29 is 4.92 Å². The molecule has 0 fully saturated rings. The van der Waals surface area contributed by atoms with Crippen molar-refractivity contribution in [1.82, 2.24) is 10.3 Å². The van der Waals surface area contributed by atoms with Gasteiger partial charge >= 0.3 is 0 Å². The van der Waals surface area contributed by atoms with Crippen LogP contribution in [0.1, 0.15) is 6.92 Å². The number of pyridine rings is 1. The van der Waals surface area contributed by atoms with Crippen molar-refractivity contribution in [2.45, 2.75) is 6.92 Å². The van der Waals surface area contributed by atoms with Gasteiger partial charge in [0.2, 0.25) is 0 Å².